The van der Waals surface area contributed by atoms with Gasteiger partial charge in [-0.05, 0) is 47.5 Å². The van der Waals surface area contributed by atoms with E-state index in [1.807, 2.05) is 18.5 Å². The Kier molecular flexibility index (Phi) is 4.25. The standard InChI is InChI=1S/C18H29N3O2/c1-12-16(13(2)21(19-12)18(3,4)5)17(22)20-10-11-23-15-9-7-6-8-14(15)20/h14-15H,6-11H2,1-5H3/t14-,15-/m1/s1. The van der Waals surface area contributed by atoms with Crippen molar-refractivity contribution in [3.63, 3.8) is 0 Å². The van der Waals surface area contributed by atoms with Crippen molar-refractivity contribution in [3.05, 3.63) is 17.0 Å². The summed E-state index contributed by atoms with van der Waals surface area (Å²) in [6.07, 6.45) is 4.76. The van der Waals surface area contributed by atoms with Gasteiger partial charge in [0, 0.05) is 12.2 Å². The first kappa shape index (κ1) is 16.5. The molecule has 0 unspecified atom stereocenters. The number of fused-ring (bicyclic) bond motifs is 1. The zero-order chi connectivity index (χ0) is 16.8. The molecule has 0 N–H and O–H groups in total. The van der Waals surface area contributed by atoms with Crippen LogP contribution in [-0.2, 0) is 10.3 Å². The third-order valence-electron chi connectivity index (χ3n) is 5.13. The highest BCUT2D eigenvalue weighted by atomic mass is 16.5. The van der Waals surface area contributed by atoms with Gasteiger partial charge in [-0.15, -0.1) is 0 Å². The number of carbonyl (C=O) groups is 1. The molecule has 1 aromatic rings. The smallest absolute Gasteiger partial charge is 0.258 e. The lowest BCUT2D eigenvalue weighted by Crippen LogP contribution is -2.55. The Morgan fingerprint density at radius 1 is 1.22 bits per heavy atom. The highest BCUT2D eigenvalue weighted by Crippen LogP contribution is 2.31. The SMILES string of the molecule is Cc1nn(C(C)(C)C)c(C)c1C(=O)N1CCO[C@@H]2CCCC[C@H]21. The summed E-state index contributed by atoms with van der Waals surface area (Å²) in [7, 11) is 0. The van der Waals surface area contributed by atoms with Crippen molar-refractivity contribution in [2.45, 2.75) is 78.0 Å². The first-order valence-electron chi connectivity index (χ1n) is 8.80. The van der Waals surface area contributed by atoms with Crippen LogP contribution in [0.25, 0.3) is 0 Å². The van der Waals surface area contributed by atoms with Gasteiger partial charge in [-0.25, -0.2) is 0 Å². The molecule has 2 aliphatic rings. The van der Waals surface area contributed by atoms with Gasteiger partial charge in [0.2, 0.25) is 0 Å². The van der Waals surface area contributed by atoms with Crippen LogP contribution in [0.15, 0.2) is 0 Å². The second-order valence-corrected chi connectivity index (χ2v) is 7.89. The fourth-order valence-electron chi connectivity index (χ4n) is 4.10. The molecule has 2 fully saturated rings. The number of nitrogens with zero attached hydrogens (tertiary/aromatic N) is 3. The number of morpholine rings is 1. The number of aryl methyl sites for hydroxylation is 1. The molecule has 1 aromatic heterocycles. The van der Waals surface area contributed by atoms with E-state index in [0.29, 0.717) is 13.2 Å². The molecule has 128 valence electrons. The van der Waals surface area contributed by atoms with Gasteiger partial charge in [0.15, 0.2) is 0 Å². The van der Waals surface area contributed by atoms with Crippen molar-refractivity contribution < 1.29 is 9.53 Å². The van der Waals surface area contributed by atoms with E-state index in [0.717, 1.165) is 29.8 Å². The van der Waals surface area contributed by atoms with E-state index in [1.54, 1.807) is 0 Å². The van der Waals surface area contributed by atoms with Crippen molar-refractivity contribution in [1.82, 2.24) is 14.7 Å². The second kappa shape index (κ2) is 5.93. The summed E-state index contributed by atoms with van der Waals surface area (Å²) in [5.41, 5.74) is 2.47. The van der Waals surface area contributed by atoms with E-state index in [9.17, 15) is 4.79 Å². The van der Waals surface area contributed by atoms with E-state index in [1.165, 1.54) is 12.8 Å². The summed E-state index contributed by atoms with van der Waals surface area (Å²) in [6.45, 7) is 11.7. The molecule has 0 bridgehead atoms. The zero-order valence-corrected chi connectivity index (χ0v) is 15.1. The molecular formula is C18H29N3O2. The molecule has 3 rings (SSSR count). The van der Waals surface area contributed by atoms with Crippen molar-refractivity contribution in [3.8, 4) is 0 Å². The third kappa shape index (κ3) is 2.91. The average molecular weight is 319 g/mol. The van der Waals surface area contributed by atoms with Gasteiger partial charge in [-0.2, -0.15) is 5.10 Å². The van der Waals surface area contributed by atoms with Crippen molar-refractivity contribution in [2.24, 2.45) is 0 Å². The molecule has 1 aliphatic heterocycles. The highest BCUT2D eigenvalue weighted by Gasteiger charge is 2.38. The average Bonchev–Trinajstić information content (AvgIpc) is 2.81. The molecule has 0 spiro atoms. The summed E-state index contributed by atoms with van der Waals surface area (Å²) in [5, 5.41) is 4.64. The van der Waals surface area contributed by atoms with E-state index in [2.05, 4.69) is 30.8 Å². The minimum atomic E-state index is -0.119. The van der Waals surface area contributed by atoms with Gasteiger partial charge in [0.1, 0.15) is 0 Å². The minimum Gasteiger partial charge on any atom is -0.374 e. The maximum absolute atomic E-state index is 13.3. The van der Waals surface area contributed by atoms with Gasteiger partial charge in [0.25, 0.3) is 5.91 Å². The Bertz CT molecular complexity index is 598. The minimum absolute atomic E-state index is 0.119. The number of rotatable bonds is 1. The zero-order valence-electron chi connectivity index (χ0n) is 15.1. The van der Waals surface area contributed by atoms with Crippen LogP contribution in [0.2, 0.25) is 0 Å². The van der Waals surface area contributed by atoms with Gasteiger partial charge >= 0.3 is 0 Å². The van der Waals surface area contributed by atoms with Gasteiger partial charge in [0.05, 0.1) is 35.5 Å². The number of hydrogen-bond acceptors (Lipinski definition) is 3. The lowest BCUT2D eigenvalue weighted by atomic mass is 9.89. The van der Waals surface area contributed by atoms with Crippen molar-refractivity contribution >= 4 is 5.91 Å². The van der Waals surface area contributed by atoms with E-state index >= 15 is 0 Å². The first-order chi connectivity index (χ1) is 10.8. The summed E-state index contributed by atoms with van der Waals surface area (Å²) in [5.74, 6) is 0.135. The van der Waals surface area contributed by atoms with Gasteiger partial charge < -0.3 is 9.64 Å². The Labute approximate surface area is 139 Å². The quantitative estimate of drug-likeness (QED) is 0.799. The number of aromatic nitrogens is 2. The predicted octanol–water partition coefficient (Wildman–Crippen LogP) is 3.04. The molecule has 23 heavy (non-hydrogen) atoms. The fraction of sp³-hybridized carbons (Fsp3) is 0.778. The van der Waals surface area contributed by atoms with Crippen LogP contribution >= 0.6 is 0 Å². The molecule has 1 saturated heterocycles. The summed E-state index contributed by atoms with van der Waals surface area (Å²) >= 11 is 0. The Hall–Kier alpha value is -1.36. The van der Waals surface area contributed by atoms with Gasteiger partial charge in [-0.1, -0.05) is 12.8 Å². The molecule has 2 atom stereocenters. The third-order valence-corrected chi connectivity index (χ3v) is 5.13. The van der Waals surface area contributed by atoms with Crippen LogP contribution in [0.5, 0.6) is 0 Å². The Morgan fingerprint density at radius 3 is 2.57 bits per heavy atom. The molecule has 2 heterocycles. The number of amides is 1. The van der Waals surface area contributed by atoms with Crippen LogP contribution < -0.4 is 0 Å². The highest BCUT2D eigenvalue weighted by molar-refractivity contribution is 5.96. The van der Waals surface area contributed by atoms with E-state index < -0.39 is 0 Å². The topological polar surface area (TPSA) is 47.4 Å². The monoisotopic (exact) mass is 319 g/mol. The molecule has 1 amide bonds. The van der Waals surface area contributed by atoms with Crippen LogP contribution in [0.3, 0.4) is 0 Å². The van der Waals surface area contributed by atoms with Crippen LogP contribution in [0, 0.1) is 13.8 Å². The maximum atomic E-state index is 13.3. The fourth-order valence-corrected chi connectivity index (χ4v) is 4.10. The molecule has 0 radical (unpaired) electrons. The first-order valence-corrected chi connectivity index (χ1v) is 8.80. The molecule has 1 aliphatic carbocycles. The normalized spacial score (nSPS) is 25.3. The molecule has 1 saturated carbocycles. The lowest BCUT2D eigenvalue weighted by Gasteiger charge is -2.43. The van der Waals surface area contributed by atoms with E-state index in [4.69, 9.17) is 4.74 Å². The number of ether oxygens (including phenoxy) is 1. The van der Waals surface area contributed by atoms with Crippen molar-refractivity contribution in [1.29, 1.82) is 0 Å². The van der Waals surface area contributed by atoms with Crippen LogP contribution in [0.4, 0.5) is 0 Å². The van der Waals surface area contributed by atoms with Gasteiger partial charge in [-0.3, -0.25) is 9.48 Å². The maximum Gasteiger partial charge on any atom is 0.258 e. The molecule has 0 aromatic carbocycles. The number of carbonyl (C=O) groups excluding carboxylic acids is 1. The molecule has 5 heteroatoms. The van der Waals surface area contributed by atoms with Crippen LogP contribution in [0.1, 0.15) is 68.2 Å². The molecular weight excluding hydrogens is 290 g/mol. The largest absolute Gasteiger partial charge is 0.374 e. The predicted molar refractivity (Wildman–Crippen MR) is 89.7 cm³/mol. The van der Waals surface area contributed by atoms with Crippen LogP contribution in [-0.4, -0.2) is 45.9 Å². The summed E-state index contributed by atoms with van der Waals surface area (Å²) in [4.78, 5) is 15.3. The molecule has 5 nitrogen and oxygen atoms in total. The Balaban J connectivity index is 1.92. The van der Waals surface area contributed by atoms with E-state index in [-0.39, 0.29) is 23.6 Å². The summed E-state index contributed by atoms with van der Waals surface area (Å²) in [6, 6.07) is 0.238. The summed E-state index contributed by atoms with van der Waals surface area (Å²) < 4.78 is 7.88. The number of hydrogen-bond donors (Lipinski definition) is 0. The Morgan fingerprint density at radius 2 is 1.91 bits per heavy atom. The second-order valence-electron chi connectivity index (χ2n) is 7.89. The lowest BCUT2D eigenvalue weighted by molar-refractivity contribution is -0.0753. The van der Waals surface area contributed by atoms with Crippen molar-refractivity contribution in [2.75, 3.05) is 13.2 Å².